The van der Waals surface area contributed by atoms with Crippen molar-refractivity contribution in [3.8, 4) is 5.75 Å². The zero-order valence-electron chi connectivity index (χ0n) is 9.07. The van der Waals surface area contributed by atoms with Gasteiger partial charge in [-0.15, -0.1) is 0 Å². The Morgan fingerprint density at radius 2 is 1.94 bits per heavy atom. The first-order valence-corrected chi connectivity index (χ1v) is 5.80. The summed E-state index contributed by atoms with van der Waals surface area (Å²) in [6, 6.07) is 7.26. The Balaban J connectivity index is 1.95. The van der Waals surface area contributed by atoms with Crippen LogP contribution in [0.15, 0.2) is 24.3 Å². The van der Waals surface area contributed by atoms with Crippen molar-refractivity contribution in [3.63, 3.8) is 0 Å². The molecule has 1 atom stereocenters. The number of amides is 1. The molecular weight excluding hydrogens is 202 g/mol. The first kappa shape index (κ1) is 9.70. The Kier molecular flexibility index (Phi) is 1.96. The summed E-state index contributed by atoms with van der Waals surface area (Å²) in [5.41, 5.74) is 1.02. The molecule has 3 nitrogen and oxygen atoms in total. The second kappa shape index (κ2) is 3.24. The van der Waals surface area contributed by atoms with Crippen LogP contribution >= 0.6 is 0 Å². The fraction of sp³-hybridized carbons (Fsp3) is 0.462. The van der Waals surface area contributed by atoms with E-state index in [1.54, 1.807) is 12.1 Å². The highest BCUT2D eigenvalue weighted by atomic mass is 16.3. The van der Waals surface area contributed by atoms with Crippen molar-refractivity contribution >= 4 is 5.91 Å². The maximum absolute atomic E-state index is 11.9. The highest BCUT2D eigenvalue weighted by Gasteiger charge is 2.54. The number of nitrogens with one attached hydrogen (secondary N) is 1. The molecule has 16 heavy (non-hydrogen) atoms. The Hall–Kier alpha value is -1.51. The third-order valence-corrected chi connectivity index (χ3v) is 4.13. The van der Waals surface area contributed by atoms with Crippen LogP contribution in [0.3, 0.4) is 0 Å². The third kappa shape index (κ3) is 1.17. The van der Waals surface area contributed by atoms with E-state index in [4.69, 9.17) is 0 Å². The first-order valence-electron chi connectivity index (χ1n) is 5.80. The summed E-state index contributed by atoms with van der Waals surface area (Å²) in [5, 5.41) is 12.2. The van der Waals surface area contributed by atoms with E-state index in [0.29, 0.717) is 0 Å². The molecule has 2 N–H and O–H groups in total. The van der Waals surface area contributed by atoms with Gasteiger partial charge in [-0.25, -0.2) is 0 Å². The van der Waals surface area contributed by atoms with Crippen LogP contribution in [0.4, 0.5) is 0 Å². The molecule has 1 aromatic rings. The van der Waals surface area contributed by atoms with Gasteiger partial charge in [-0.3, -0.25) is 4.79 Å². The van der Waals surface area contributed by atoms with Crippen LogP contribution in [0.1, 0.15) is 30.7 Å². The van der Waals surface area contributed by atoms with Crippen LogP contribution in [0.25, 0.3) is 0 Å². The normalized spacial score (nSPS) is 26.5. The molecule has 84 valence electrons. The minimum Gasteiger partial charge on any atom is -0.508 e. The van der Waals surface area contributed by atoms with Crippen molar-refractivity contribution in [3.05, 3.63) is 29.8 Å². The Morgan fingerprint density at radius 1 is 1.25 bits per heavy atom. The van der Waals surface area contributed by atoms with Crippen molar-refractivity contribution in [1.82, 2.24) is 5.32 Å². The number of phenols is 1. The molecule has 1 saturated carbocycles. The summed E-state index contributed by atoms with van der Waals surface area (Å²) in [7, 11) is 0. The number of hydrogen-bond donors (Lipinski definition) is 2. The number of hydrogen-bond acceptors (Lipinski definition) is 2. The summed E-state index contributed by atoms with van der Waals surface area (Å²) in [5.74, 6) is 0.787. The van der Waals surface area contributed by atoms with Crippen molar-refractivity contribution in [2.24, 2.45) is 5.41 Å². The van der Waals surface area contributed by atoms with Gasteiger partial charge in [0.1, 0.15) is 5.75 Å². The molecule has 0 bridgehead atoms. The van der Waals surface area contributed by atoms with Gasteiger partial charge in [-0.2, -0.15) is 0 Å². The van der Waals surface area contributed by atoms with Gasteiger partial charge in [0.05, 0.1) is 5.41 Å². The van der Waals surface area contributed by atoms with Crippen molar-refractivity contribution < 1.29 is 9.90 Å². The molecule has 3 heteroatoms. The van der Waals surface area contributed by atoms with Crippen LogP contribution in [-0.4, -0.2) is 17.6 Å². The van der Waals surface area contributed by atoms with E-state index in [2.05, 4.69) is 5.32 Å². The number of aromatic hydroxyl groups is 1. The van der Waals surface area contributed by atoms with Crippen molar-refractivity contribution in [1.29, 1.82) is 0 Å². The summed E-state index contributed by atoms with van der Waals surface area (Å²) in [4.78, 5) is 11.9. The van der Waals surface area contributed by atoms with E-state index >= 15 is 0 Å². The standard InChI is InChI=1S/C13H15NO2/c15-10-4-2-9(3-5-10)11-8-14-12(16)13(11)6-1-7-13/h2-5,11,15H,1,6-8H2,(H,14,16)/t11-/m0/s1. The van der Waals surface area contributed by atoms with Crippen LogP contribution in [-0.2, 0) is 4.79 Å². The van der Waals surface area contributed by atoms with Gasteiger partial charge < -0.3 is 10.4 Å². The molecule has 0 radical (unpaired) electrons. The Bertz CT molecular complexity index is 420. The van der Waals surface area contributed by atoms with Gasteiger partial charge in [0.2, 0.25) is 5.91 Å². The zero-order chi connectivity index (χ0) is 11.2. The molecule has 1 aromatic carbocycles. The lowest BCUT2D eigenvalue weighted by Crippen LogP contribution is -2.40. The van der Waals surface area contributed by atoms with Crippen LogP contribution < -0.4 is 5.32 Å². The number of carbonyl (C=O) groups excluding carboxylic acids is 1. The summed E-state index contributed by atoms with van der Waals surface area (Å²) in [6.07, 6.45) is 3.16. The quantitative estimate of drug-likeness (QED) is 0.753. The molecule has 2 fully saturated rings. The molecule has 1 aliphatic heterocycles. The second-order valence-corrected chi connectivity index (χ2v) is 4.86. The average molecular weight is 217 g/mol. The fourth-order valence-electron chi connectivity index (χ4n) is 3.00. The summed E-state index contributed by atoms with van der Waals surface area (Å²) in [6.45, 7) is 0.740. The van der Waals surface area contributed by atoms with Crippen LogP contribution in [0.2, 0.25) is 0 Å². The van der Waals surface area contributed by atoms with E-state index in [1.807, 2.05) is 12.1 Å². The van der Waals surface area contributed by atoms with Gasteiger partial charge in [0, 0.05) is 12.5 Å². The molecule has 1 amide bonds. The van der Waals surface area contributed by atoms with Crippen molar-refractivity contribution in [2.45, 2.75) is 25.2 Å². The molecular formula is C13H15NO2. The van der Waals surface area contributed by atoms with E-state index < -0.39 is 0 Å². The van der Waals surface area contributed by atoms with E-state index in [1.165, 1.54) is 0 Å². The smallest absolute Gasteiger partial charge is 0.226 e. The second-order valence-electron chi connectivity index (χ2n) is 4.86. The lowest BCUT2D eigenvalue weighted by molar-refractivity contribution is -0.132. The molecule has 1 spiro atoms. The zero-order valence-corrected chi connectivity index (χ0v) is 9.07. The van der Waals surface area contributed by atoms with Gasteiger partial charge >= 0.3 is 0 Å². The maximum atomic E-state index is 11.9. The van der Waals surface area contributed by atoms with Crippen LogP contribution in [0, 0.1) is 5.41 Å². The Labute approximate surface area is 94.5 Å². The SMILES string of the molecule is O=C1NC[C@@H](c2ccc(O)cc2)C12CCC2. The van der Waals surface area contributed by atoms with E-state index in [9.17, 15) is 9.90 Å². The largest absolute Gasteiger partial charge is 0.508 e. The molecule has 2 aliphatic rings. The number of phenolic OH excluding ortho intramolecular Hbond substituents is 1. The monoisotopic (exact) mass is 217 g/mol. The highest BCUT2D eigenvalue weighted by molar-refractivity contribution is 5.87. The first-order chi connectivity index (χ1) is 7.72. The average Bonchev–Trinajstić information content (AvgIpc) is 2.56. The van der Waals surface area contributed by atoms with Gasteiger partial charge in [0.25, 0.3) is 0 Å². The topological polar surface area (TPSA) is 49.3 Å². The highest BCUT2D eigenvalue weighted by Crippen LogP contribution is 2.54. The number of carbonyl (C=O) groups is 1. The predicted molar refractivity (Wildman–Crippen MR) is 60.1 cm³/mol. The summed E-state index contributed by atoms with van der Waals surface area (Å²) < 4.78 is 0. The van der Waals surface area contributed by atoms with Crippen molar-refractivity contribution in [2.75, 3.05) is 6.54 Å². The molecule has 0 aromatic heterocycles. The fourth-order valence-corrected chi connectivity index (χ4v) is 3.00. The molecule has 1 saturated heterocycles. The Morgan fingerprint density at radius 3 is 2.50 bits per heavy atom. The van der Waals surface area contributed by atoms with Gasteiger partial charge in [0.15, 0.2) is 0 Å². The van der Waals surface area contributed by atoms with Crippen LogP contribution in [0.5, 0.6) is 5.75 Å². The van der Waals surface area contributed by atoms with E-state index in [-0.39, 0.29) is 23.0 Å². The maximum Gasteiger partial charge on any atom is 0.226 e. The summed E-state index contributed by atoms with van der Waals surface area (Å²) >= 11 is 0. The van der Waals surface area contributed by atoms with E-state index in [0.717, 1.165) is 31.4 Å². The van der Waals surface area contributed by atoms with Gasteiger partial charge in [-0.05, 0) is 30.5 Å². The third-order valence-electron chi connectivity index (χ3n) is 4.13. The molecule has 1 aliphatic carbocycles. The number of benzene rings is 1. The molecule has 0 unspecified atom stereocenters. The molecule has 1 heterocycles. The molecule has 3 rings (SSSR count). The lowest BCUT2D eigenvalue weighted by atomic mass is 9.61. The van der Waals surface area contributed by atoms with Gasteiger partial charge in [-0.1, -0.05) is 18.6 Å². The minimum absolute atomic E-state index is 0.142. The lowest BCUT2D eigenvalue weighted by Gasteiger charge is -2.40. The number of rotatable bonds is 1. The predicted octanol–water partition coefficient (Wildman–Crippen LogP) is 1.78. The minimum atomic E-state index is -0.142.